The standard InChI is InChI=1S/C21H20N8O5S2/c1-27-12-5-3-4-6-13(12)28(26-27)7-10-8-35-19-15(18(31)29(19)16(10)20(32)33)24-17(30)14(25-34-2)11-9-36-21(22)23-11/h3-6,9,15,19H,7-8H2,1-2H3,(H3-,22,23,24,30,32,33)/p+1. The van der Waals surface area contributed by atoms with Crippen LogP contribution in [0.4, 0.5) is 5.13 Å². The molecule has 1 aromatic carbocycles. The van der Waals surface area contributed by atoms with E-state index in [2.05, 4.69) is 20.7 Å². The molecule has 36 heavy (non-hydrogen) atoms. The fourth-order valence-corrected chi connectivity index (χ4v) is 6.10. The molecule has 2 unspecified atom stereocenters. The van der Waals surface area contributed by atoms with Crippen molar-refractivity contribution in [3.8, 4) is 0 Å². The number of nitrogen functional groups attached to an aromatic ring is 1. The summed E-state index contributed by atoms with van der Waals surface area (Å²) >= 11 is 2.50. The highest BCUT2D eigenvalue weighted by molar-refractivity contribution is 8.00. The number of thiazole rings is 1. The highest BCUT2D eigenvalue weighted by atomic mass is 32.2. The highest BCUT2D eigenvalue weighted by Gasteiger charge is 2.54. The van der Waals surface area contributed by atoms with Gasteiger partial charge >= 0.3 is 5.97 Å². The van der Waals surface area contributed by atoms with Crippen LogP contribution in [0.5, 0.6) is 0 Å². The molecule has 4 N–H and O–H groups in total. The summed E-state index contributed by atoms with van der Waals surface area (Å²) < 4.78 is 3.43. The fraction of sp³-hybridized carbons (Fsp3) is 0.286. The average Bonchev–Trinajstić information content (AvgIpc) is 3.43. The van der Waals surface area contributed by atoms with Crippen LogP contribution < -0.4 is 15.7 Å². The van der Waals surface area contributed by atoms with Crippen LogP contribution >= 0.6 is 23.1 Å². The second kappa shape index (κ2) is 9.23. The molecule has 2 aromatic heterocycles. The lowest BCUT2D eigenvalue weighted by Gasteiger charge is -2.49. The molecule has 2 aliphatic rings. The van der Waals surface area contributed by atoms with Gasteiger partial charge in [-0.1, -0.05) is 17.3 Å². The molecule has 3 aromatic rings. The maximum atomic E-state index is 13.1. The Morgan fingerprint density at radius 1 is 1.39 bits per heavy atom. The fourth-order valence-electron chi connectivity index (χ4n) is 4.22. The summed E-state index contributed by atoms with van der Waals surface area (Å²) in [5, 5.41) is 22.0. The first kappa shape index (κ1) is 23.7. The third-order valence-corrected chi connectivity index (χ3v) is 7.80. The number of aryl methyl sites for hydroxylation is 1. The van der Waals surface area contributed by atoms with E-state index < -0.39 is 29.2 Å². The van der Waals surface area contributed by atoms with Crippen molar-refractivity contribution in [3.05, 3.63) is 46.6 Å². The first-order chi connectivity index (χ1) is 17.3. The number of nitrogens with zero attached hydrogens (tertiary/aromatic N) is 6. The molecule has 0 aliphatic carbocycles. The maximum Gasteiger partial charge on any atom is 0.352 e. The first-order valence-corrected chi connectivity index (χ1v) is 12.6. The summed E-state index contributed by atoms with van der Waals surface area (Å²) in [5.41, 5.74) is 7.94. The van der Waals surface area contributed by atoms with E-state index in [0.717, 1.165) is 22.4 Å². The molecule has 2 aliphatic heterocycles. The number of carboxylic acid groups (broad SMARTS) is 1. The van der Waals surface area contributed by atoms with E-state index in [0.29, 0.717) is 11.3 Å². The third kappa shape index (κ3) is 3.95. The molecule has 1 saturated heterocycles. The molecular weight excluding hydrogens is 508 g/mol. The van der Waals surface area contributed by atoms with Gasteiger partial charge in [-0.25, -0.2) is 9.78 Å². The number of oxime groups is 1. The van der Waals surface area contributed by atoms with Crippen LogP contribution in [-0.2, 0) is 32.8 Å². The number of aliphatic carboxylic acids is 1. The van der Waals surface area contributed by atoms with Crippen molar-refractivity contribution in [1.29, 1.82) is 0 Å². The van der Waals surface area contributed by atoms with E-state index in [-0.39, 0.29) is 28.8 Å². The topological polar surface area (TPSA) is 169 Å². The Kier molecular flexibility index (Phi) is 6.09. The molecule has 186 valence electrons. The van der Waals surface area contributed by atoms with Crippen LogP contribution in [0.2, 0.25) is 0 Å². The Hall–Kier alpha value is -3.98. The number of hydrogen-bond donors (Lipinski definition) is 3. The molecule has 0 bridgehead atoms. The summed E-state index contributed by atoms with van der Waals surface area (Å²) in [7, 11) is 3.09. The molecule has 15 heteroatoms. The minimum Gasteiger partial charge on any atom is -0.477 e. The van der Waals surface area contributed by atoms with Crippen LogP contribution in [0.3, 0.4) is 0 Å². The van der Waals surface area contributed by atoms with Gasteiger partial charge in [-0.2, -0.15) is 0 Å². The SMILES string of the molecule is CON=C(C(=O)NC1C(=O)N2C(C(=O)O)=C(Cn3n[n+](C)c4ccccc43)CSC12)c1csc(N)n1. The van der Waals surface area contributed by atoms with E-state index in [1.54, 1.807) is 14.7 Å². The van der Waals surface area contributed by atoms with Crippen molar-refractivity contribution in [2.24, 2.45) is 12.2 Å². The minimum absolute atomic E-state index is 0.0884. The molecule has 0 saturated carbocycles. The predicted molar refractivity (Wildman–Crippen MR) is 131 cm³/mol. The number of β-lactam (4-membered cyclic amide) rings is 1. The number of benzene rings is 1. The Labute approximate surface area is 212 Å². The number of carbonyl (C=O) groups is 3. The van der Waals surface area contributed by atoms with Crippen LogP contribution in [0, 0.1) is 0 Å². The Bertz CT molecular complexity index is 1460. The van der Waals surface area contributed by atoms with Crippen molar-refractivity contribution in [2.75, 3.05) is 18.6 Å². The van der Waals surface area contributed by atoms with Gasteiger partial charge in [0.15, 0.2) is 21.9 Å². The largest absolute Gasteiger partial charge is 0.477 e. The average molecular weight is 530 g/mol. The van der Waals surface area contributed by atoms with Gasteiger partial charge in [0.1, 0.15) is 43.5 Å². The van der Waals surface area contributed by atoms with Crippen molar-refractivity contribution < 1.29 is 29.0 Å². The van der Waals surface area contributed by atoms with Crippen LogP contribution in [0.1, 0.15) is 5.69 Å². The normalized spacial score (nSPS) is 19.8. The number of fused-ring (bicyclic) bond motifs is 2. The van der Waals surface area contributed by atoms with Gasteiger partial charge in [0.2, 0.25) is 0 Å². The van der Waals surface area contributed by atoms with Crippen molar-refractivity contribution >= 4 is 62.8 Å². The van der Waals surface area contributed by atoms with Gasteiger partial charge in [-0.05, 0) is 12.1 Å². The lowest BCUT2D eigenvalue weighted by Crippen LogP contribution is -2.71. The zero-order valence-electron chi connectivity index (χ0n) is 19.1. The van der Waals surface area contributed by atoms with Gasteiger partial charge < -0.3 is 21.0 Å². The van der Waals surface area contributed by atoms with Crippen molar-refractivity contribution in [3.63, 3.8) is 0 Å². The van der Waals surface area contributed by atoms with Gasteiger partial charge in [0.25, 0.3) is 11.8 Å². The highest BCUT2D eigenvalue weighted by Crippen LogP contribution is 2.40. The van der Waals surface area contributed by atoms with Gasteiger partial charge in [-0.3, -0.25) is 14.5 Å². The first-order valence-electron chi connectivity index (χ1n) is 10.7. The van der Waals surface area contributed by atoms with Gasteiger partial charge in [0.05, 0.1) is 5.21 Å². The number of carboxylic acids is 1. The smallest absolute Gasteiger partial charge is 0.352 e. The molecule has 0 radical (unpaired) electrons. The number of anilines is 1. The van der Waals surface area contributed by atoms with E-state index in [4.69, 9.17) is 10.6 Å². The summed E-state index contributed by atoms with van der Waals surface area (Å²) in [5.74, 6) is -2.07. The lowest BCUT2D eigenvalue weighted by molar-refractivity contribution is -0.709. The Balaban J connectivity index is 1.38. The number of carbonyl (C=O) groups excluding carboxylic acids is 2. The molecule has 13 nitrogen and oxygen atoms in total. The van der Waals surface area contributed by atoms with Crippen LogP contribution in [0.25, 0.3) is 11.0 Å². The number of nitrogens with one attached hydrogen (secondary N) is 1. The number of aromatic nitrogens is 4. The third-order valence-electron chi connectivity index (χ3n) is 5.79. The number of para-hydroxylation sites is 2. The zero-order valence-corrected chi connectivity index (χ0v) is 20.7. The number of hydrogen-bond acceptors (Lipinski definition) is 10. The Morgan fingerprint density at radius 3 is 2.86 bits per heavy atom. The number of amides is 2. The van der Waals surface area contributed by atoms with E-state index in [1.807, 2.05) is 31.3 Å². The van der Waals surface area contributed by atoms with E-state index in [1.165, 1.54) is 23.8 Å². The molecule has 1 fully saturated rings. The zero-order chi connectivity index (χ0) is 25.6. The monoisotopic (exact) mass is 529 g/mol. The number of nitrogens with two attached hydrogens (primary N) is 1. The number of rotatable bonds is 7. The van der Waals surface area contributed by atoms with Crippen molar-refractivity contribution in [2.45, 2.75) is 18.0 Å². The van der Waals surface area contributed by atoms with Crippen LogP contribution in [0.15, 0.2) is 46.1 Å². The molecule has 2 atom stereocenters. The summed E-state index contributed by atoms with van der Waals surface area (Å²) in [4.78, 5) is 48.2. The van der Waals surface area contributed by atoms with Gasteiger partial charge in [0, 0.05) is 16.7 Å². The molecule has 2 amide bonds. The lowest BCUT2D eigenvalue weighted by atomic mass is 10.0. The molecule has 4 heterocycles. The second-order valence-electron chi connectivity index (χ2n) is 7.97. The maximum absolute atomic E-state index is 13.1. The Morgan fingerprint density at radius 2 is 2.17 bits per heavy atom. The van der Waals surface area contributed by atoms with Crippen LogP contribution in [-0.4, -0.2) is 72.7 Å². The summed E-state index contributed by atoms with van der Waals surface area (Å²) in [6, 6.07) is 6.67. The number of thioether (sulfide) groups is 1. The van der Waals surface area contributed by atoms with E-state index >= 15 is 0 Å². The van der Waals surface area contributed by atoms with E-state index in [9.17, 15) is 19.5 Å². The molecular formula is C21H21N8O5S2+. The predicted octanol–water partition coefficient (Wildman–Crippen LogP) is -0.311. The summed E-state index contributed by atoms with van der Waals surface area (Å²) in [6.45, 7) is 0.208. The molecule has 5 rings (SSSR count). The van der Waals surface area contributed by atoms with Crippen molar-refractivity contribution in [1.82, 2.24) is 25.1 Å². The quantitative estimate of drug-likeness (QED) is 0.161. The minimum atomic E-state index is -1.21. The molecule has 0 spiro atoms. The second-order valence-corrected chi connectivity index (χ2v) is 9.97. The summed E-state index contributed by atoms with van der Waals surface area (Å²) in [6.07, 6.45) is 0. The van der Waals surface area contributed by atoms with Gasteiger partial charge in [-0.15, -0.1) is 32.5 Å².